The highest BCUT2D eigenvalue weighted by atomic mass is 16.5. The van der Waals surface area contributed by atoms with Crippen LogP contribution in [-0.4, -0.2) is 52.1 Å². The normalized spacial score (nSPS) is 17.3. The van der Waals surface area contributed by atoms with Crippen molar-refractivity contribution in [2.75, 3.05) is 20.2 Å². The van der Waals surface area contributed by atoms with Crippen molar-refractivity contribution in [1.29, 1.82) is 0 Å². The Kier molecular flexibility index (Phi) is 4.43. The standard InChI is InChI=1S/C19H20N4O3/c1-25-17-18(22-9-8-21-17)26-15-3-2-10-23(12-15)19(24)14-5-4-13-6-7-20-16(13)11-14/h4-9,11,15,20H,2-3,10,12H2,1H3/t15-/m0/s1. The van der Waals surface area contributed by atoms with E-state index in [2.05, 4.69) is 15.0 Å². The third kappa shape index (κ3) is 3.20. The van der Waals surface area contributed by atoms with Crippen molar-refractivity contribution in [3.8, 4) is 11.8 Å². The summed E-state index contributed by atoms with van der Waals surface area (Å²) in [5.41, 5.74) is 1.64. The van der Waals surface area contributed by atoms with Crippen LogP contribution in [0.2, 0.25) is 0 Å². The Morgan fingerprint density at radius 1 is 1.23 bits per heavy atom. The molecule has 0 spiro atoms. The van der Waals surface area contributed by atoms with Crippen LogP contribution in [0.15, 0.2) is 42.9 Å². The van der Waals surface area contributed by atoms with Crippen molar-refractivity contribution in [1.82, 2.24) is 19.9 Å². The van der Waals surface area contributed by atoms with Crippen LogP contribution in [0, 0.1) is 0 Å². The van der Waals surface area contributed by atoms with Gasteiger partial charge in [0.05, 0.1) is 13.7 Å². The number of fused-ring (bicyclic) bond motifs is 1. The smallest absolute Gasteiger partial charge is 0.278 e. The number of H-pyrrole nitrogens is 1. The zero-order valence-electron chi connectivity index (χ0n) is 14.5. The molecule has 0 saturated carbocycles. The summed E-state index contributed by atoms with van der Waals surface area (Å²) in [7, 11) is 1.53. The number of aromatic amines is 1. The van der Waals surface area contributed by atoms with E-state index in [0.29, 0.717) is 23.9 Å². The van der Waals surface area contributed by atoms with Gasteiger partial charge in [-0.05, 0) is 36.4 Å². The van der Waals surface area contributed by atoms with Gasteiger partial charge in [-0.2, -0.15) is 0 Å². The van der Waals surface area contributed by atoms with Gasteiger partial charge in [0.2, 0.25) is 0 Å². The number of hydrogen-bond donors (Lipinski definition) is 1. The first-order chi connectivity index (χ1) is 12.7. The Morgan fingerprint density at radius 3 is 2.92 bits per heavy atom. The maximum Gasteiger partial charge on any atom is 0.278 e. The van der Waals surface area contributed by atoms with Gasteiger partial charge < -0.3 is 19.4 Å². The van der Waals surface area contributed by atoms with Crippen molar-refractivity contribution in [2.45, 2.75) is 18.9 Å². The highest BCUT2D eigenvalue weighted by Crippen LogP contribution is 2.25. The number of amides is 1. The second kappa shape index (κ2) is 7.03. The van der Waals surface area contributed by atoms with E-state index < -0.39 is 0 Å². The molecule has 1 aliphatic heterocycles. The van der Waals surface area contributed by atoms with Gasteiger partial charge in [0.15, 0.2) is 0 Å². The van der Waals surface area contributed by atoms with E-state index in [0.717, 1.165) is 30.3 Å². The van der Waals surface area contributed by atoms with Crippen LogP contribution < -0.4 is 9.47 Å². The summed E-state index contributed by atoms with van der Waals surface area (Å²) in [4.78, 5) is 26.1. The summed E-state index contributed by atoms with van der Waals surface area (Å²) in [5, 5.41) is 1.09. The number of hydrogen-bond acceptors (Lipinski definition) is 5. The molecule has 0 bridgehead atoms. The molecule has 1 fully saturated rings. The number of piperidine rings is 1. The number of aromatic nitrogens is 3. The number of carbonyl (C=O) groups is 1. The fourth-order valence-corrected chi connectivity index (χ4v) is 3.27. The first-order valence-corrected chi connectivity index (χ1v) is 8.62. The zero-order chi connectivity index (χ0) is 17.9. The van der Waals surface area contributed by atoms with E-state index in [-0.39, 0.29) is 12.0 Å². The first-order valence-electron chi connectivity index (χ1n) is 8.62. The van der Waals surface area contributed by atoms with Crippen molar-refractivity contribution < 1.29 is 14.3 Å². The lowest BCUT2D eigenvalue weighted by molar-refractivity contribution is 0.0519. The summed E-state index contributed by atoms with van der Waals surface area (Å²) >= 11 is 0. The number of nitrogens with zero attached hydrogens (tertiary/aromatic N) is 3. The van der Waals surface area contributed by atoms with Crippen molar-refractivity contribution in [3.05, 3.63) is 48.4 Å². The van der Waals surface area contributed by atoms with Gasteiger partial charge in [0, 0.05) is 36.2 Å². The Bertz CT molecular complexity index is 924. The van der Waals surface area contributed by atoms with Crippen LogP contribution in [0.5, 0.6) is 11.8 Å². The fourth-order valence-electron chi connectivity index (χ4n) is 3.27. The van der Waals surface area contributed by atoms with Gasteiger partial charge >= 0.3 is 0 Å². The van der Waals surface area contributed by atoms with Gasteiger partial charge in [-0.15, -0.1) is 0 Å². The van der Waals surface area contributed by atoms with E-state index in [1.807, 2.05) is 35.4 Å². The number of ether oxygens (including phenoxy) is 2. The number of methoxy groups -OCH3 is 1. The second-order valence-electron chi connectivity index (χ2n) is 6.28. The molecule has 0 aliphatic carbocycles. The molecule has 1 amide bonds. The summed E-state index contributed by atoms with van der Waals surface area (Å²) in [6.45, 7) is 1.24. The third-order valence-corrected chi connectivity index (χ3v) is 4.57. The van der Waals surface area contributed by atoms with Gasteiger partial charge in [-0.25, -0.2) is 9.97 Å². The Balaban J connectivity index is 1.48. The summed E-state index contributed by atoms with van der Waals surface area (Å²) in [6, 6.07) is 7.71. The molecule has 1 aromatic carbocycles. The van der Waals surface area contributed by atoms with Crippen LogP contribution >= 0.6 is 0 Å². The maximum atomic E-state index is 12.9. The molecule has 7 heteroatoms. The van der Waals surface area contributed by atoms with Gasteiger partial charge in [0.1, 0.15) is 6.10 Å². The van der Waals surface area contributed by atoms with Gasteiger partial charge in [-0.1, -0.05) is 6.07 Å². The second-order valence-corrected chi connectivity index (χ2v) is 6.28. The van der Waals surface area contributed by atoms with E-state index in [9.17, 15) is 4.79 Å². The molecular formula is C19H20N4O3. The molecule has 7 nitrogen and oxygen atoms in total. The van der Waals surface area contributed by atoms with Crippen molar-refractivity contribution in [3.63, 3.8) is 0 Å². The largest absolute Gasteiger partial charge is 0.477 e. The molecule has 4 rings (SSSR count). The predicted octanol–water partition coefficient (Wildman–Crippen LogP) is 2.65. The number of benzene rings is 1. The van der Waals surface area contributed by atoms with Crippen LogP contribution in [0.4, 0.5) is 0 Å². The first kappa shape index (κ1) is 16.4. The quantitative estimate of drug-likeness (QED) is 0.781. The molecule has 3 heterocycles. The lowest BCUT2D eigenvalue weighted by Crippen LogP contribution is -2.44. The molecule has 0 radical (unpaired) electrons. The third-order valence-electron chi connectivity index (χ3n) is 4.57. The molecule has 134 valence electrons. The maximum absolute atomic E-state index is 12.9. The van der Waals surface area contributed by atoms with E-state index in [4.69, 9.17) is 9.47 Å². The van der Waals surface area contributed by atoms with Gasteiger partial charge in [0.25, 0.3) is 17.7 Å². The van der Waals surface area contributed by atoms with Crippen LogP contribution in [-0.2, 0) is 0 Å². The predicted molar refractivity (Wildman–Crippen MR) is 96.4 cm³/mol. The lowest BCUT2D eigenvalue weighted by atomic mass is 10.1. The summed E-state index contributed by atoms with van der Waals surface area (Å²) < 4.78 is 11.1. The molecule has 1 N–H and O–H groups in total. The number of nitrogens with one attached hydrogen (secondary N) is 1. The van der Waals surface area contributed by atoms with Crippen molar-refractivity contribution >= 4 is 16.8 Å². The molecule has 0 unspecified atom stereocenters. The topological polar surface area (TPSA) is 80.3 Å². The average Bonchev–Trinajstić information content (AvgIpc) is 3.16. The lowest BCUT2D eigenvalue weighted by Gasteiger charge is -2.32. The monoisotopic (exact) mass is 352 g/mol. The van der Waals surface area contributed by atoms with Crippen LogP contribution in [0.25, 0.3) is 10.9 Å². The Labute approximate surface area is 151 Å². The highest BCUT2D eigenvalue weighted by Gasteiger charge is 2.27. The molecule has 1 atom stereocenters. The molecule has 2 aromatic heterocycles. The fraction of sp³-hybridized carbons (Fsp3) is 0.316. The molecule has 1 aliphatic rings. The minimum absolute atomic E-state index is 0.0147. The summed E-state index contributed by atoms with van der Waals surface area (Å²) in [5.74, 6) is 0.733. The molecule has 1 saturated heterocycles. The number of rotatable bonds is 4. The van der Waals surface area contributed by atoms with E-state index in [1.54, 1.807) is 12.4 Å². The van der Waals surface area contributed by atoms with Crippen LogP contribution in [0.3, 0.4) is 0 Å². The van der Waals surface area contributed by atoms with E-state index in [1.165, 1.54) is 7.11 Å². The molecule has 26 heavy (non-hydrogen) atoms. The van der Waals surface area contributed by atoms with Gasteiger partial charge in [-0.3, -0.25) is 4.79 Å². The zero-order valence-corrected chi connectivity index (χ0v) is 14.5. The summed E-state index contributed by atoms with van der Waals surface area (Å²) in [6.07, 6.45) is 6.60. The Morgan fingerprint density at radius 2 is 2.08 bits per heavy atom. The molecular weight excluding hydrogens is 332 g/mol. The highest BCUT2D eigenvalue weighted by molar-refractivity contribution is 5.98. The average molecular weight is 352 g/mol. The molecule has 3 aromatic rings. The van der Waals surface area contributed by atoms with Crippen molar-refractivity contribution in [2.24, 2.45) is 0 Å². The number of carbonyl (C=O) groups excluding carboxylic acids is 1. The minimum Gasteiger partial charge on any atom is -0.477 e. The van der Waals surface area contributed by atoms with E-state index >= 15 is 0 Å². The Hall–Kier alpha value is -3.09. The SMILES string of the molecule is COc1nccnc1O[C@H]1CCCN(C(=O)c2ccc3cc[nH]c3c2)C1. The number of likely N-dealkylation sites (tertiary alicyclic amines) is 1. The minimum atomic E-state index is -0.132. The van der Waals surface area contributed by atoms with Crippen LogP contribution in [0.1, 0.15) is 23.2 Å².